The van der Waals surface area contributed by atoms with Crippen LogP contribution in [-0.4, -0.2) is 133 Å². The zero-order valence-electron chi connectivity index (χ0n) is 47.3. The van der Waals surface area contributed by atoms with E-state index in [1.807, 2.05) is 74.6 Å². The summed E-state index contributed by atoms with van der Waals surface area (Å²) in [4.78, 5) is 36.9. The Labute approximate surface area is 473 Å². The van der Waals surface area contributed by atoms with E-state index in [1.165, 1.54) is 5.56 Å². The first-order valence-corrected chi connectivity index (χ1v) is 28.0. The van der Waals surface area contributed by atoms with Crippen LogP contribution in [-0.2, 0) is 35.0 Å². The summed E-state index contributed by atoms with van der Waals surface area (Å²) in [5, 5.41) is 59.0. The van der Waals surface area contributed by atoms with Crippen LogP contribution >= 0.6 is 23.2 Å². The van der Waals surface area contributed by atoms with Gasteiger partial charge < -0.3 is 61.0 Å². The van der Waals surface area contributed by atoms with E-state index in [9.17, 15) is 34.8 Å². The Kier molecular flexibility index (Phi) is 26.5. The predicted molar refractivity (Wildman–Crippen MR) is 310 cm³/mol. The van der Waals surface area contributed by atoms with Crippen LogP contribution in [0.1, 0.15) is 120 Å². The van der Waals surface area contributed by atoms with E-state index in [1.54, 1.807) is 46.9 Å². The molecule has 2 amide bonds. The normalized spacial score (nSPS) is 20.5. The average molecular weight is 1120 g/mol. The molecule has 432 valence electrons. The van der Waals surface area contributed by atoms with Crippen molar-refractivity contribution in [3.05, 3.63) is 117 Å². The number of carbonyl (C=O) groups is 3. The van der Waals surface area contributed by atoms with Gasteiger partial charge in [-0.25, -0.2) is 4.79 Å². The number of aryl methyl sites for hydroxylation is 2. The van der Waals surface area contributed by atoms with Crippen molar-refractivity contribution in [1.82, 2.24) is 15.5 Å². The fourth-order valence-electron chi connectivity index (χ4n) is 10.3. The molecule has 0 saturated heterocycles. The van der Waals surface area contributed by atoms with Crippen LogP contribution in [0.5, 0.6) is 0 Å². The number of alkyl carbamates (subject to hydrolysis) is 1. The minimum Gasteiger partial charge on any atom is -0.481 e. The van der Waals surface area contributed by atoms with Crippen LogP contribution in [0.4, 0.5) is 4.79 Å². The van der Waals surface area contributed by atoms with Crippen LogP contribution in [0.15, 0.2) is 84.9 Å². The van der Waals surface area contributed by atoms with E-state index in [4.69, 9.17) is 48.3 Å². The number of amides is 2. The molecule has 9 N–H and O–H groups in total. The van der Waals surface area contributed by atoms with Crippen LogP contribution in [0.3, 0.4) is 0 Å². The number of methoxy groups -OCH3 is 2. The van der Waals surface area contributed by atoms with Gasteiger partial charge in [0.2, 0.25) is 5.91 Å². The molecule has 2 saturated carbocycles. The van der Waals surface area contributed by atoms with E-state index in [0.717, 1.165) is 71.2 Å². The number of rotatable bonds is 23. The van der Waals surface area contributed by atoms with E-state index in [2.05, 4.69) is 41.8 Å². The van der Waals surface area contributed by atoms with Crippen molar-refractivity contribution in [2.45, 2.75) is 153 Å². The number of nitrogens with zero attached hydrogens (tertiary/aromatic N) is 1. The Morgan fingerprint density at radius 2 is 1.18 bits per heavy atom. The lowest BCUT2D eigenvalue weighted by molar-refractivity contribution is -0.141. The lowest BCUT2D eigenvalue weighted by Gasteiger charge is -2.33. The van der Waals surface area contributed by atoms with Gasteiger partial charge in [-0.1, -0.05) is 107 Å². The van der Waals surface area contributed by atoms with E-state index in [-0.39, 0.29) is 30.7 Å². The summed E-state index contributed by atoms with van der Waals surface area (Å²) in [6, 6.07) is 26.9. The summed E-state index contributed by atoms with van der Waals surface area (Å²) < 4.78 is 15.4. The number of carboxylic acid groups (broad SMARTS) is 1. The van der Waals surface area contributed by atoms with E-state index in [0.29, 0.717) is 68.3 Å². The summed E-state index contributed by atoms with van der Waals surface area (Å²) in [6.45, 7) is 11.7. The third kappa shape index (κ3) is 19.9. The van der Waals surface area contributed by atoms with Gasteiger partial charge in [0.05, 0.1) is 35.4 Å². The average Bonchev–Trinajstić information content (AvgIpc) is 3.99. The van der Waals surface area contributed by atoms with Gasteiger partial charge in [-0.2, -0.15) is 0 Å². The molecule has 0 aromatic heterocycles. The Bertz CT molecular complexity index is 2520. The highest BCUT2D eigenvalue weighted by Crippen LogP contribution is 2.43. The second-order valence-corrected chi connectivity index (χ2v) is 22.9. The number of carboxylic acids is 1. The number of ether oxygens (including phenoxy) is 3. The molecule has 4 aromatic carbocycles. The van der Waals surface area contributed by atoms with E-state index >= 15 is 0 Å². The standard InChI is InChI=1S/C28H39ClN2O4.C22H30ClNO2.C11H19NO5/c1-19-8-6-9-20(16-19)26-22(10-7-11-23(26)29)28(34,12-4-5-15-35-3)13-14-31(2)27(33)21-17-24(30)25(32)18-21;1-17-8-6-9-18(16-17)21-19(10-7-11-20(21)23)22(25,13-14-24-2)12-4-5-15-26-3;1-11(2,3)17-10(16)12-7-4-6(9(14)15)5-8(7)13/h6-11,16,21,24-25,32,34H,4-5,12-15,17-18,30H2,1-3H3;6-11,16,24-25H,4-5,12-15H2,1-3H3;6-8,13H,4-5H2,1-3H3,(H,12,16)(H,14,15)/t21-,24+,25-,28?;;6-,7+,8-/m0.0/s1. The fourth-order valence-corrected chi connectivity index (χ4v) is 10.9. The number of nitrogens with two attached hydrogens (primary N) is 1. The molecule has 78 heavy (non-hydrogen) atoms. The molecule has 0 aliphatic heterocycles. The van der Waals surface area contributed by atoms with Crippen molar-refractivity contribution in [3.8, 4) is 22.3 Å². The zero-order chi connectivity index (χ0) is 57.8. The minimum atomic E-state index is -1.18. The van der Waals surface area contributed by atoms with Crippen LogP contribution in [0.2, 0.25) is 10.0 Å². The van der Waals surface area contributed by atoms with Gasteiger partial charge in [0.15, 0.2) is 0 Å². The van der Waals surface area contributed by atoms with Crippen molar-refractivity contribution < 1.29 is 54.1 Å². The first kappa shape index (κ1) is 65.9. The molecule has 8 atom stereocenters. The summed E-state index contributed by atoms with van der Waals surface area (Å²) in [5.41, 5.74) is 10.9. The van der Waals surface area contributed by atoms with Gasteiger partial charge in [-0.15, -0.1) is 0 Å². The largest absolute Gasteiger partial charge is 0.481 e. The summed E-state index contributed by atoms with van der Waals surface area (Å²) in [5.74, 6) is -1.87. The lowest BCUT2D eigenvalue weighted by atomic mass is 9.81. The Morgan fingerprint density at radius 3 is 1.60 bits per heavy atom. The van der Waals surface area contributed by atoms with Crippen LogP contribution in [0.25, 0.3) is 22.3 Å². The maximum atomic E-state index is 13.0. The second-order valence-electron chi connectivity index (χ2n) is 22.1. The molecule has 2 fully saturated rings. The smallest absolute Gasteiger partial charge is 0.407 e. The number of aliphatic carboxylic acids is 1. The molecule has 2 aliphatic carbocycles. The van der Waals surface area contributed by atoms with Crippen molar-refractivity contribution in [3.63, 3.8) is 0 Å². The summed E-state index contributed by atoms with van der Waals surface area (Å²) >= 11 is 13.3. The number of nitrogens with one attached hydrogen (secondary N) is 2. The number of aliphatic hydroxyl groups excluding tert-OH is 2. The number of halogens is 2. The Morgan fingerprint density at radius 1 is 0.692 bits per heavy atom. The monoisotopic (exact) mass is 1120 g/mol. The fraction of sp³-hybridized carbons (Fsp3) is 0.557. The molecule has 15 nitrogen and oxygen atoms in total. The molecule has 0 spiro atoms. The van der Waals surface area contributed by atoms with E-state index < -0.39 is 53.0 Å². The molecule has 0 bridgehead atoms. The number of hydrogen-bond donors (Lipinski definition) is 8. The Balaban J connectivity index is 0.000000269. The van der Waals surface area contributed by atoms with Crippen molar-refractivity contribution >= 4 is 41.2 Å². The third-order valence-corrected chi connectivity index (χ3v) is 15.2. The maximum Gasteiger partial charge on any atom is 0.407 e. The van der Waals surface area contributed by atoms with Crippen molar-refractivity contribution in [1.29, 1.82) is 0 Å². The molecular formula is C61H88Cl2N4O11. The number of hydrogen-bond acceptors (Lipinski definition) is 12. The number of unbranched alkanes of at least 4 members (excludes halogenated alkanes) is 2. The molecule has 4 aromatic rings. The van der Waals surface area contributed by atoms with Gasteiger partial charge in [-0.05, 0) is 160 Å². The molecule has 2 unspecified atom stereocenters. The zero-order valence-corrected chi connectivity index (χ0v) is 48.8. The van der Waals surface area contributed by atoms with Gasteiger partial charge in [0.1, 0.15) is 5.60 Å². The molecule has 17 heteroatoms. The highest BCUT2D eigenvalue weighted by atomic mass is 35.5. The molecule has 0 heterocycles. The van der Waals surface area contributed by atoms with Gasteiger partial charge in [0.25, 0.3) is 0 Å². The number of benzene rings is 4. The van der Waals surface area contributed by atoms with Crippen molar-refractivity contribution in [2.75, 3.05) is 54.6 Å². The second kappa shape index (κ2) is 31.4. The Hall–Kier alpha value is -4.65. The van der Waals surface area contributed by atoms with Gasteiger partial charge >= 0.3 is 12.1 Å². The topological polar surface area (TPSA) is 233 Å². The number of carbonyl (C=O) groups excluding carboxylic acids is 2. The highest BCUT2D eigenvalue weighted by molar-refractivity contribution is 6.34. The first-order chi connectivity index (χ1) is 36.9. The predicted octanol–water partition coefficient (Wildman–Crippen LogP) is 9.93. The number of aliphatic hydroxyl groups is 4. The summed E-state index contributed by atoms with van der Waals surface area (Å²) in [6.07, 6.45) is 4.78. The van der Waals surface area contributed by atoms with Crippen molar-refractivity contribution in [2.24, 2.45) is 17.6 Å². The first-order valence-electron chi connectivity index (χ1n) is 27.2. The molecule has 6 rings (SSSR count). The quantitative estimate of drug-likeness (QED) is 0.0324. The van der Waals surface area contributed by atoms with Crippen LogP contribution < -0.4 is 16.4 Å². The highest BCUT2D eigenvalue weighted by Gasteiger charge is 2.40. The third-order valence-electron chi connectivity index (χ3n) is 14.6. The molecule has 2 aliphatic rings. The maximum absolute atomic E-state index is 13.0. The van der Waals surface area contributed by atoms with Gasteiger partial charge in [0, 0.05) is 74.2 Å². The summed E-state index contributed by atoms with van der Waals surface area (Å²) in [7, 11) is 7.04. The molecular weight excluding hydrogens is 1040 g/mol. The van der Waals surface area contributed by atoms with Gasteiger partial charge in [-0.3, -0.25) is 9.59 Å². The lowest BCUT2D eigenvalue weighted by Crippen LogP contribution is -2.42. The minimum absolute atomic E-state index is 0.0382. The molecule has 0 radical (unpaired) electrons. The SMILES string of the molecule is CC(C)(C)OC(=O)N[C@@H]1C[C@H](C(=O)O)C[C@@H]1O.CNCCC(O)(CCCCOC)c1cccc(Cl)c1-c1cccc(C)c1.COCCCCC(O)(CCN(C)C(=O)[C@H]1C[C@@H](N)[C@@H](O)C1)c1cccc(Cl)c1-c1cccc(C)c1. The van der Waals surface area contributed by atoms with Crippen LogP contribution in [0, 0.1) is 25.7 Å².